The fourth-order valence-electron chi connectivity index (χ4n) is 1.87. The number of hydrogen-bond acceptors (Lipinski definition) is 3. The van der Waals surface area contributed by atoms with Gasteiger partial charge in [-0.1, -0.05) is 18.2 Å². The van der Waals surface area contributed by atoms with Gasteiger partial charge in [0.05, 0.1) is 16.9 Å². The van der Waals surface area contributed by atoms with Gasteiger partial charge >= 0.3 is 0 Å². The lowest BCUT2D eigenvalue weighted by Gasteiger charge is -2.05. The van der Waals surface area contributed by atoms with Gasteiger partial charge in [-0.05, 0) is 24.3 Å². The van der Waals surface area contributed by atoms with Crippen LogP contribution in [0, 0.1) is 0 Å². The molecule has 0 spiro atoms. The van der Waals surface area contributed by atoms with Crippen LogP contribution in [0.5, 0.6) is 0 Å². The topological polar surface area (TPSA) is 51.8 Å². The lowest BCUT2D eigenvalue weighted by Crippen LogP contribution is -1.92. The number of fused-ring (bicyclic) bond motifs is 1. The van der Waals surface area contributed by atoms with Gasteiger partial charge in [0.25, 0.3) is 0 Å². The van der Waals surface area contributed by atoms with Crippen LogP contribution in [0.15, 0.2) is 54.9 Å². The summed E-state index contributed by atoms with van der Waals surface area (Å²) in [6, 6.07) is 13.7. The molecule has 0 radical (unpaired) electrons. The van der Waals surface area contributed by atoms with Crippen molar-refractivity contribution in [2.45, 2.75) is 0 Å². The molecule has 3 aromatic rings. The van der Waals surface area contributed by atoms with Crippen molar-refractivity contribution >= 4 is 16.6 Å². The van der Waals surface area contributed by atoms with Crippen LogP contribution in [0.4, 0.5) is 5.69 Å². The van der Waals surface area contributed by atoms with Crippen molar-refractivity contribution in [1.82, 2.24) is 9.97 Å². The van der Waals surface area contributed by atoms with E-state index in [1.54, 1.807) is 12.4 Å². The molecule has 3 rings (SSSR count). The standard InChI is InChI=1S/C14H11N3/c15-12-4-2-8-17-14(12)11-6-5-10-3-1-7-16-13(10)9-11/h1-9H,15H2. The van der Waals surface area contributed by atoms with Gasteiger partial charge in [-0.2, -0.15) is 0 Å². The van der Waals surface area contributed by atoms with Crippen molar-refractivity contribution in [3.05, 3.63) is 54.9 Å². The summed E-state index contributed by atoms with van der Waals surface area (Å²) in [5, 5.41) is 1.12. The Balaban J connectivity index is 2.22. The third-order valence-corrected chi connectivity index (χ3v) is 2.72. The van der Waals surface area contributed by atoms with Crippen LogP contribution in [-0.4, -0.2) is 9.97 Å². The van der Waals surface area contributed by atoms with Gasteiger partial charge in [0.15, 0.2) is 0 Å². The fraction of sp³-hybridized carbons (Fsp3) is 0. The highest BCUT2D eigenvalue weighted by atomic mass is 14.7. The Kier molecular flexibility index (Phi) is 2.22. The van der Waals surface area contributed by atoms with Gasteiger partial charge in [0.2, 0.25) is 0 Å². The Bertz CT molecular complexity index is 677. The largest absolute Gasteiger partial charge is 0.397 e. The van der Waals surface area contributed by atoms with Crippen molar-refractivity contribution in [3.63, 3.8) is 0 Å². The summed E-state index contributed by atoms with van der Waals surface area (Å²) in [5.74, 6) is 0. The summed E-state index contributed by atoms with van der Waals surface area (Å²) in [5.41, 5.74) is 9.35. The predicted octanol–water partition coefficient (Wildman–Crippen LogP) is 2.88. The second-order valence-corrected chi connectivity index (χ2v) is 3.85. The number of anilines is 1. The summed E-state index contributed by atoms with van der Waals surface area (Å²) in [6.07, 6.45) is 3.53. The van der Waals surface area contributed by atoms with Crippen LogP contribution in [0.3, 0.4) is 0 Å². The van der Waals surface area contributed by atoms with E-state index in [0.29, 0.717) is 5.69 Å². The zero-order valence-corrected chi connectivity index (χ0v) is 9.17. The summed E-state index contributed by atoms with van der Waals surface area (Å²) in [7, 11) is 0. The molecule has 0 saturated heterocycles. The van der Waals surface area contributed by atoms with E-state index in [4.69, 9.17) is 5.73 Å². The Morgan fingerprint density at radius 2 is 1.71 bits per heavy atom. The van der Waals surface area contributed by atoms with Gasteiger partial charge in [0.1, 0.15) is 0 Å². The van der Waals surface area contributed by atoms with Crippen LogP contribution >= 0.6 is 0 Å². The Morgan fingerprint density at radius 1 is 0.882 bits per heavy atom. The highest BCUT2D eigenvalue weighted by Crippen LogP contribution is 2.25. The maximum atomic E-state index is 5.91. The first-order valence-electron chi connectivity index (χ1n) is 5.40. The van der Waals surface area contributed by atoms with E-state index in [-0.39, 0.29) is 0 Å². The molecule has 1 aromatic carbocycles. The second kappa shape index (κ2) is 3.87. The third-order valence-electron chi connectivity index (χ3n) is 2.72. The van der Waals surface area contributed by atoms with E-state index in [9.17, 15) is 0 Å². The van der Waals surface area contributed by atoms with Gasteiger partial charge in [-0.15, -0.1) is 0 Å². The number of rotatable bonds is 1. The molecule has 0 aliphatic carbocycles. The number of nitrogen functional groups attached to an aromatic ring is 1. The summed E-state index contributed by atoms with van der Waals surface area (Å²) < 4.78 is 0. The van der Waals surface area contributed by atoms with E-state index in [1.807, 2.05) is 42.5 Å². The number of nitrogens with zero attached hydrogens (tertiary/aromatic N) is 2. The number of aromatic nitrogens is 2. The molecule has 82 valence electrons. The van der Waals surface area contributed by atoms with E-state index in [2.05, 4.69) is 9.97 Å². The molecule has 3 heteroatoms. The molecule has 17 heavy (non-hydrogen) atoms. The van der Waals surface area contributed by atoms with Crippen LogP contribution in [0.25, 0.3) is 22.2 Å². The Labute approximate surface area is 98.9 Å². The predicted molar refractivity (Wildman–Crippen MR) is 69.4 cm³/mol. The molecule has 0 aliphatic rings. The van der Waals surface area contributed by atoms with Crippen molar-refractivity contribution in [2.75, 3.05) is 5.73 Å². The van der Waals surface area contributed by atoms with Gasteiger partial charge in [-0.3, -0.25) is 9.97 Å². The molecule has 0 fully saturated rings. The minimum Gasteiger partial charge on any atom is -0.397 e. The molecule has 0 amide bonds. The fourth-order valence-corrected chi connectivity index (χ4v) is 1.87. The molecule has 0 aliphatic heterocycles. The Hall–Kier alpha value is -2.42. The molecule has 0 unspecified atom stereocenters. The quantitative estimate of drug-likeness (QED) is 0.687. The Morgan fingerprint density at radius 3 is 2.59 bits per heavy atom. The maximum absolute atomic E-state index is 5.91. The molecule has 2 aromatic heterocycles. The number of nitrogens with two attached hydrogens (primary N) is 1. The summed E-state index contributed by atoms with van der Waals surface area (Å²) in [4.78, 5) is 8.63. The highest BCUT2D eigenvalue weighted by Gasteiger charge is 2.04. The molecule has 2 heterocycles. The molecule has 0 saturated carbocycles. The molecule has 0 bridgehead atoms. The van der Waals surface area contributed by atoms with Crippen molar-refractivity contribution in [3.8, 4) is 11.3 Å². The number of pyridine rings is 2. The van der Waals surface area contributed by atoms with E-state index < -0.39 is 0 Å². The van der Waals surface area contributed by atoms with Crippen molar-refractivity contribution < 1.29 is 0 Å². The number of benzene rings is 1. The van der Waals surface area contributed by atoms with E-state index in [1.165, 1.54) is 0 Å². The van der Waals surface area contributed by atoms with Crippen LogP contribution in [-0.2, 0) is 0 Å². The average molecular weight is 221 g/mol. The zero-order chi connectivity index (χ0) is 11.7. The van der Waals surface area contributed by atoms with E-state index >= 15 is 0 Å². The molecule has 2 N–H and O–H groups in total. The van der Waals surface area contributed by atoms with Crippen LogP contribution in [0.1, 0.15) is 0 Å². The van der Waals surface area contributed by atoms with Crippen molar-refractivity contribution in [1.29, 1.82) is 0 Å². The smallest absolute Gasteiger partial charge is 0.0931 e. The van der Waals surface area contributed by atoms with Crippen molar-refractivity contribution in [2.24, 2.45) is 0 Å². The highest BCUT2D eigenvalue weighted by molar-refractivity contribution is 5.85. The van der Waals surface area contributed by atoms with Gasteiger partial charge < -0.3 is 5.73 Å². The normalized spacial score (nSPS) is 10.6. The minimum absolute atomic E-state index is 0.683. The van der Waals surface area contributed by atoms with Crippen LogP contribution in [0.2, 0.25) is 0 Å². The average Bonchev–Trinajstić information content (AvgIpc) is 2.39. The third kappa shape index (κ3) is 1.72. The lowest BCUT2D eigenvalue weighted by molar-refractivity contribution is 1.33. The second-order valence-electron chi connectivity index (χ2n) is 3.85. The van der Waals surface area contributed by atoms with E-state index in [0.717, 1.165) is 22.2 Å². The lowest BCUT2D eigenvalue weighted by atomic mass is 10.1. The maximum Gasteiger partial charge on any atom is 0.0931 e. The number of hydrogen-bond donors (Lipinski definition) is 1. The monoisotopic (exact) mass is 221 g/mol. The molecule has 3 nitrogen and oxygen atoms in total. The first-order valence-corrected chi connectivity index (χ1v) is 5.40. The zero-order valence-electron chi connectivity index (χ0n) is 9.17. The molecular formula is C14H11N3. The SMILES string of the molecule is Nc1cccnc1-c1ccc2cccnc2c1. The molecular weight excluding hydrogens is 210 g/mol. The molecule has 0 atom stereocenters. The van der Waals surface area contributed by atoms with Crippen LogP contribution < -0.4 is 5.73 Å². The first-order chi connectivity index (χ1) is 8.34. The minimum atomic E-state index is 0.683. The van der Waals surface area contributed by atoms with Gasteiger partial charge in [-0.25, -0.2) is 0 Å². The summed E-state index contributed by atoms with van der Waals surface area (Å²) in [6.45, 7) is 0. The first kappa shape index (κ1) is 9.78. The summed E-state index contributed by atoms with van der Waals surface area (Å²) >= 11 is 0. The van der Waals surface area contributed by atoms with Gasteiger partial charge in [0, 0.05) is 23.3 Å².